The molecule has 1 amide bonds. The molecule has 5 nitrogen and oxygen atoms in total. The molecule has 20 heavy (non-hydrogen) atoms. The lowest BCUT2D eigenvalue weighted by Gasteiger charge is -2.20. The summed E-state index contributed by atoms with van der Waals surface area (Å²) < 4.78 is 10.1. The molecule has 1 aromatic carbocycles. The van der Waals surface area contributed by atoms with Crippen LogP contribution in [0.15, 0.2) is 24.3 Å². The summed E-state index contributed by atoms with van der Waals surface area (Å²) >= 11 is 0. The quantitative estimate of drug-likeness (QED) is 0.833. The lowest BCUT2D eigenvalue weighted by molar-refractivity contribution is -0.154. The summed E-state index contributed by atoms with van der Waals surface area (Å²) in [6.45, 7) is 7.47. The molecule has 0 bridgehead atoms. The highest BCUT2D eigenvalue weighted by atomic mass is 16.6. The minimum Gasteiger partial charge on any atom is -0.479 e. The van der Waals surface area contributed by atoms with E-state index >= 15 is 0 Å². The van der Waals surface area contributed by atoms with Gasteiger partial charge in [0.15, 0.2) is 12.7 Å². The zero-order valence-electron chi connectivity index (χ0n) is 12.3. The summed E-state index contributed by atoms with van der Waals surface area (Å²) in [7, 11) is 0. The Kier molecular flexibility index (Phi) is 5.13. The predicted octanol–water partition coefficient (Wildman–Crippen LogP) is 1.78. The van der Waals surface area contributed by atoms with Crippen LogP contribution in [0.5, 0.6) is 5.75 Å². The molecular weight excluding hydrogens is 258 g/mol. The van der Waals surface area contributed by atoms with Crippen molar-refractivity contribution >= 4 is 11.9 Å². The van der Waals surface area contributed by atoms with Gasteiger partial charge in [-0.05, 0) is 30.0 Å². The summed E-state index contributed by atoms with van der Waals surface area (Å²) in [6, 6.07) is 7.52. The second-order valence-corrected chi connectivity index (χ2v) is 5.61. The Labute approximate surface area is 119 Å². The molecule has 1 rings (SSSR count). The number of nitrogens with two attached hydrogens (primary N) is 1. The van der Waals surface area contributed by atoms with Gasteiger partial charge in [-0.1, -0.05) is 32.9 Å². The number of carbonyl (C=O) groups is 2. The van der Waals surface area contributed by atoms with Crippen LogP contribution in [0.4, 0.5) is 0 Å². The van der Waals surface area contributed by atoms with Crippen molar-refractivity contribution < 1.29 is 19.1 Å². The third kappa shape index (κ3) is 4.91. The highest BCUT2D eigenvalue weighted by Crippen LogP contribution is 2.24. The van der Waals surface area contributed by atoms with Crippen LogP contribution in [0, 0.1) is 0 Å². The Morgan fingerprint density at radius 1 is 1.20 bits per heavy atom. The third-order valence-corrected chi connectivity index (χ3v) is 2.72. The number of ether oxygens (including phenoxy) is 2. The van der Waals surface area contributed by atoms with Crippen LogP contribution in [0.25, 0.3) is 0 Å². The molecule has 0 radical (unpaired) electrons. The van der Waals surface area contributed by atoms with Crippen LogP contribution in [-0.2, 0) is 19.7 Å². The minimum atomic E-state index is -0.796. The lowest BCUT2D eigenvalue weighted by atomic mass is 9.87. The highest BCUT2D eigenvalue weighted by molar-refractivity contribution is 5.80. The number of primary amides is 1. The Hall–Kier alpha value is -2.04. The molecule has 0 spiro atoms. The second kappa shape index (κ2) is 6.41. The number of hydrogen-bond donors (Lipinski definition) is 1. The molecule has 5 heteroatoms. The molecule has 2 N–H and O–H groups in total. The maximum Gasteiger partial charge on any atom is 0.347 e. The maximum absolute atomic E-state index is 11.5. The van der Waals surface area contributed by atoms with Gasteiger partial charge in [0.2, 0.25) is 0 Å². The van der Waals surface area contributed by atoms with E-state index in [4.69, 9.17) is 10.5 Å². The van der Waals surface area contributed by atoms with Crippen LogP contribution in [0.3, 0.4) is 0 Å². The van der Waals surface area contributed by atoms with E-state index in [9.17, 15) is 9.59 Å². The summed E-state index contributed by atoms with van der Waals surface area (Å²) in [6.07, 6.45) is -0.796. The standard InChI is InChI=1S/C15H21NO4/c1-10(14(18)19-9-13(16)17)20-12-7-5-11(6-8-12)15(2,3)4/h5-8,10H,9H2,1-4H3,(H2,16,17)/t10-/m1/s1. The zero-order valence-corrected chi connectivity index (χ0v) is 12.3. The van der Waals surface area contributed by atoms with Gasteiger partial charge in [0.1, 0.15) is 5.75 Å². The highest BCUT2D eigenvalue weighted by Gasteiger charge is 2.18. The van der Waals surface area contributed by atoms with Gasteiger partial charge in [-0.25, -0.2) is 4.79 Å². The molecule has 0 aliphatic carbocycles. The first-order chi connectivity index (χ1) is 9.20. The van der Waals surface area contributed by atoms with Crippen LogP contribution in [0.2, 0.25) is 0 Å². The van der Waals surface area contributed by atoms with E-state index < -0.39 is 24.6 Å². The molecule has 0 aromatic heterocycles. The molecule has 0 fully saturated rings. The van der Waals surface area contributed by atoms with Gasteiger partial charge >= 0.3 is 5.97 Å². The fourth-order valence-corrected chi connectivity index (χ4v) is 1.55. The van der Waals surface area contributed by atoms with Crippen molar-refractivity contribution in [1.82, 2.24) is 0 Å². The van der Waals surface area contributed by atoms with Crippen LogP contribution in [0.1, 0.15) is 33.3 Å². The first-order valence-corrected chi connectivity index (χ1v) is 6.42. The Morgan fingerprint density at radius 3 is 2.20 bits per heavy atom. The van der Waals surface area contributed by atoms with Crippen molar-refractivity contribution in [3.63, 3.8) is 0 Å². The molecule has 1 aromatic rings. The number of benzene rings is 1. The zero-order chi connectivity index (χ0) is 15.3. The van der Waals surface area contributed by atoms with Gasteiger partial charge in [0, 0.05) is 0 Å². The minimum absolute atomic E-state index is 0.0601. The molecule has 0 unspecified atom stereocenters. The number of carbonyl (C=O) groups excluding carboxylic acids is 2. The van der Waals surface area contributed by atoms with E-state index in [1.54, 1.807) is 19.1 Å². The number of rotatable bonds is 5. The topological polar surface area (TPSA) is 78.6 Å². The van der Waals surface area contributed by atoms with Gasteiger partial charge in [-0.15, -0.1) is 0 Å². The van der Waals surface area contributed by atoms with Crippen LogP contribution >= 0.6 is 0 Å². The fourth-order valence-electron chi connectivity index (χ4n) is 1.55. The van der Waals surface area contributed by atoms with Crippen molar-refractivity contribution in [3.05, 3.63) is 29.8 Å². The summed E-state index contributed by atoms with van der Waals surface area (Å²) in [5, 5.41) is 0. The molecule has 0 aliphatic rings. The van der Waals surface area contributed by atoms with Gasteiger partial charge in [0.25, 0.3) is 5.91 Å². The van der Waals surface area contributed by atoms with Crippen molar-refractivity contribution in [2.24, 2.45) is 5.73 Å². The van der Waals surface area contributed by atoms with E-state index in [-0.39, 0.29) is 5.41 Å². The van der Waals surface area contributed by atoms with Gasteiger partial charge in [-0.2, -0.15) is 0 Å². The summed E-state index contributed by atoms with van der Waals surface area (Å²) in [5.41, 5.74) is 6.13. The summed E-state index contributed by atoms with van der Waals surface area (Å²) in [5.74, 6) is -0.745. The molecule has 0 aliphatic heterocycles. The van der Waals surface area contributed by atoms with Crippen molar-refractivity contribution in [1.29, 1.82) is 0 Å². The van der Waals surface area contributed by atoms with E-state index in [1.165, 1.54) is 5.56 Å². The molecule has 0 heterocycles. The van der Waals surface area contributed by atoms with E-state index in [2.05, 4.69) is 25.5 Å². The first kappa shape index (κ1) is 16.0. The average molecular weight is 279 g/mol. The van der Waals surface area contributed by atoms with Crippen LogP contribution < -0.4 is 10.5 Å². The smallest absolute Gasteiger partial charge is 0.347 e. The molecule has 0 saturated heterocycles. The largest absolute Gasteiger partial charge is 0.479 e. The molecule has 0 saturated carbocycles. The van der Waals surface area contributed by atoms with Crippen molar-refractivity contribution in [2.45, 2.75) is 39.2 Å². The molecule has 110 valence electrons. The van der Waals surface area contributed by atoms with Gasteiger partial charge in [-0.3, -0.25) is 4.79 Å². The van der Waals surface area contributed by atoms with E-state index in [0.29, 0.717) is 5.75 Å². The van der Waals surface area contributed by atoms with Gasteiger partial charge in [0.05, 0.1) is 0 Å². The maximum atomic E-state index is 11.5. The lowest BCUT2D eigenvalue weighted by Crippen LogP contribution is -2.30. The van der Waals surface area contributed by atoms with Crippen LogP contribution in [-0.4, -0.2) is 24.6 Å². The monoisotopic (exact) mass is 279 g/mol. The average Bonchev–Trinajstić information content (AvgIpc) is 2.35. The van der Waals surface area contributed by atoms with E-state index in [1.807, 2.05) is 12.1 Å². The number of amides is 1. The third-order valence-electron chi connectivity index (χ3n) is 2.72. The Balaban J connectivity index is 2.60. The van der Waals surface area contributed by atoms with Crippen molar-refractivity contribution in [3.8, 4) is 5.75 Å². The SMILES string of the molecule is C[C@@H](Oc1ccc(C(C)(C)C)cc1)C(=O)OCC(N)=O. The number of hydrogen-bond acceptors (Lipinski definition) is 4. The Bertz CT molecular complexity index is 474. The predicted molar refractivity (Wildman–Crippen MR) is 75.4 cm³/mol. The second-order valence-electron chi connectivity index (χ2n) is 5.61. The Morgan fingerprint density at radius 2 is 1.75 bits per heavy atom. The van der Waals surface area contributed by atoms with Crippen molar-refractivity contribution in [2.75, 3.05) is 6.61 Å². The summed E-state index contributed by atoms with van der Waals surface area (Å²) in [4.78, 5) is 22.0. The molecular formula is C15H21NO4. The first-order valence-electron chi connectivity index (χ1n) is 6.42. The van der Waals surface area contributed by atoms with Gasteiger partial charge < -0.3 is 15.2 Å². The molecule has 1 atom stereocenters. The normalized spacial score (nSPS) is 12.6. The fraction of sp³-hybridized carbons (Fsp3) is 0.467. The van der Waals surface area contributed by atoms with E-state index in [0.717, 1.165) is 0 Å². The number of esters is 1.